The third kappa shape index (κ3) is 2.72. The number of amides is 1. The molecule has 0 unspecified atom stereocenters. The summed E-state index contributed by atoms with van der Waals surface area (Å²) in [6.07, 6.45) is -0.551. The van der Waals surface area contributed by atoms with Gasteiger partial charge in [-0.05, 0) is 12.1 Å². The van der Waals surface area contributed by atoms with Crippen LogP contribution in [0.25, 0.3) is 0 Å². The predicted octanol–water partition coefficient (Wildman–Crippen LogP) is 1.69. The number of para-hydroxylation sites is 1. The van der Waals surface area contributed by atoms with Crippen molar-refractivity contribution >= 4 is 23.2 Å². The molecule has 1 aliphatic rings. The molecular formula is C11H12ClNO3. The van der Waals surface area contributed by atoms with Crippen LogP contribution in [0.3, 0.4) is 0 Å². The second-order valence-corrected chi connectivity index (χ2v) is 3.81. The predicted molar refractivity (Wildman–Crippen MR) is 60.6 cm³/mol. The molecule has 1 aromatic rings. The van der Waals surface area contributed by atoms with Crippen molar-refractivity contribution in [2.24, 2.45) is 0 Å². The average molecular weight is 242 g/mol. The quantitative estimate of drug-likeness (QED) is 0.857. The van der Waals surface area contributed by atoms with Gasteiger partial charge in [-0.15, -0.1) is 0 Å². The molecule has 86 valence electrons. The van der Waals surface area contributed by atoms with Crippen LogP contribution < -0.4 is 5.32 Å². The van der Waals surface area contributed by atoms with Crippen LogP contribution >= 0.6 is 11.6 Å². The van der Waals surface area contributed by atoms with Gasteiger partial charge in [0.15, 0.2) is 6.10 Å². The highest BCUT2D eigenvalue weighted by Gasteiger charge is 2.22. The Hall–Kier alpha value is -1.10. The van der Waals surface area contributed by atoms with Crippen LogP contribution in [-0.4, -0.2) is 31.8 Å². The average Bonchev–Trinajstić information content (AvgIpc) is 2.33. The summed E-state index contributed by atoms with van der Waals surface area (Å²) in [7, 11) is 0. The van der Waals surface area contributed by atoms with E-state index < -0.39 is 6.10 Å². The molecule has 5 heteroatoms. The van der Waals surface area contributed by atoms with Gasteiger partial charge in [0.05, 0.1) is 30.5 Å². The first-order valence-corrected chi connectivity index (χ1v) is 5.40. The van der Waals surface area contributed by atoms with Crippen molar-refractivity contribution in [2.45, 2.75) is 6.10 Å². The smallest absolute Gasteiger partial charge is 0.255 e. The van der Waals surface area contributed by atoms with E-state index in [0.717, 1.165) is 0 Å². The summed E-state index contributed by atoms with van der Waals surface area (Å²) in [4.78, 5) is 11.7. The number of nitrogens with one attached hydrogen (secondary N) is 1. The van der Waals surface area contributed by atoms with Gasteiger partial charge in [-0.25, -0.2) is 0 Å². The van der Waals surface area contributed by atoms with Crippen molar-refractivity contribution in [1.82, 2.24) is 0 Å². The fourth-order valence-electron chi connectivity index (χ4n) is 1.41. The van der Waals surface area contributed by atoms with Gasteiger partial charge in [0, 0.05) is 0 Å². The lowest BCUT2D eigenvalue weighted by molar-refractivity contribution is -0.142. The number of carbonyl (C=O) groups excluding carboxylic acids is 1. The van der Waals surface area contributed by atoms with E-state index in [2.05, 4.69) is 5.32 Å². The van der Waals surface area contributed by atoms with Gasteiger partial charge in [0.25, 0.3) is 5.91 Å². The highest BCUT2D eigenvalue weighted by molar-refractivity contribution is 6.33. The Labute approximate surface area is 98.5 Å². The lowest BCUT2D eigenvalue weighted by atomic mass is 10.3. The summed E-state index contributed by atoms with van der Waals surface area (Å²) in [5, 5.41) is 3.21. The molecule has 2 rings (SSSR count). The largest absolute Gasteiger partial charge is 0.376 e. The van der Waals surface area contributed by atoms with Crippen molar-refractivity contribution in [1.29, 1.82) is 0 Å². The number of anilines is 1. The minimum atomic E-state index is -0.551. The number of ether oxygens (including phenoxy) is 2. The van der Waals surface area contributed by atoms with E-state index in [9.17, 15) is 4.79 Å². The molecule has 0 spiro atoms. The highest BCUT2D eigenvalue weighted by Crippen LogP contribution is 2.20. The molecule has 1 atom stereocenters. The van der Waals surface area contributed by atoms with E-state index in [1.54, 1.807) is 24.3 Å². The van der Waals surface area contributed by atoms with Gasteiger partial charge >= 0.3 is 0 Å². The Kier molecular flexibility index (Phi) is 3.77. The third-order valence-electron chi connectivity index (χ3n) is 2.24. The molecule has 0 saturated carbocycles. The summed E-state index contributed by atoms with van der Waals surface area (Å²) >= 11 is 5.92. The fraction of sp³-hybridized carbons (Fsp3) is 0.364. The van der Waals surface area contributed by atoms with Crippen molar-refractivity contribution in [3.63, 3.8) is 0 Å². The molecule has 1 N–H and O–H groups in total. The molecule has 1 aromatic carbocycles. The lowest BCUT2D eigenvalue weighted by Gasteiger charge is -2.22. The van der Waals surface area contributed by atoms with Crippen LogP contribution in [-0.2, 0) is 14.3 Å². The summed E-state index contributed by atoms with van der Waals surface area (Å²) in [5.74, 6) is -0.229. The van der Waals surface area contributed by atoms with Crippen LogP contribution in [0.4, 0.5) is 5.69 Å². The Morgan fingerprint density at radius 2 is 2.19 bits per heavy atom. The van der Waals surface area contributed by atoms with Crippen LogP contribution in [0, 0.1) is 0 Å². The number of hydrogen-bond donors (Lipinski definition) is 1. The number of hydrogen-bond acceptors (Lipinski definition) is 3. The summed E-state index contributed by atoms with van der Waals surface area (Å²) in [6.45, 7) is 1.27. The fourth-order valence-corrected chi connectivity index (χ4v) is 1.60. The lowest BCUT2D eigenvalue weighted by Crippen LogP contribution is -2.39. The Morgan fingerprint density at radius 3 is 2.88 bits per heavy atom. The maximum absolute atomic E-state index is 11.7. The van der Waals surface area contributed by atoms with Crippen molar-refractivity contribution < 1.29 is 14.3 Å². The van der Waals surface area contributed by atoms with Gasteiger partial charge in [0.1, 0.15) is 0 Å². The first-order chi connectivity index (χ1) is 7.77. The monoisotopic (exact) mass is 241 g/mol. The molecule has 1 heterocycles. The molecular weight excluding hydrogens is 230 g/mol. The van der Waals surface area contributed by atoms with Gasteiger partial charge in [-0.3, -0.25) is 4.79 Å². The molecule has 1 aliphatic heterocycles. The molecule has 16 heavy (non-hydrogen) atoms. The summed E-state index contributed by atoms with van der Waals surface area (Å²) in [6, 6.07) is 7.07. The van der Waals surface area contributed by atoms with Crippen molar-refractivity contribution in [2.75, 3.05) is 25.1 Å². The zero-order valence-corrected chi connectivity index (χ0v) is 9.37. The number of halogens is 1. The number of carbonyl (C=O) groups is 1. The number of benzene rings is 1. The maximum atomic E-state index is 11.7. The minimum Gasteiger partial charge on any atom is -0.376 e. The zero-order chi connectivity index (χ0) is 11.4. The second kappa shape index (κ2) is 5.30. The second-order valence-electron chi connectivity index (χ2n) is 3.40. The Morgan fingerprint density at radius 1 is 1.38 bits per heavy atom. The van der Waals surface area contributed by atoms with Crippen molar-refractivity contribution in [3.05, 3.63) is 29.3 Å². The van der Waals surface area contributed by atoms with E-state index in [1.165, 1.54) is 0 Å². The molecule has 1 amide bonds. The summed E-state index contributed by atoms with van der Waals surface area (Å²) < 4.78 is 10.4. The third-order valence-corrected chi connectivity index (χ3v) is 2.57. The molecule has 1 fully saturated rings. The molecule has 0 radical (unpaired) electrons. The van der Waals surface area contributed by atoms with Gasteiger partial charge < -0.3 is 14.8 Å². The maximum Gasteiger partial charge on any atom is 0.255 e. The normalized spacial score (nSPS) is 20.4. The molecule has 0 bridgehead atoms. The topological polar surface area (TPSA) is 47.6 Å². The van der Waals surface area contributed by atoms with Crippen LogP contribution in [0.15, 0.2) is 24.3 Å². The van der Waals surface area contributed by atoms with E-state index in [4.69, 9.17) is 21.1 Å². The Bertz CT molecular complexity index is 377. The van der Waals surface area contributed by atoms with E-state index in [0.29, 0.717) is 23.9 Å². The van der Waals surface area contributed by atoms with Gasteiger partial charge in [0.2, 0.25) is 0 Å². The van der Waals surface area contributed by atoms with Crippen LogP contribution in [0.1, 0.15) is 0 Å². The standard InChI is InChI=1S/C11H12ClNO3/c12-8-3-1-2-4-9(8)13-11(14)10-7-15-5-6-16-10/h1-4,10H,5-7H2,(H,13,14)/t10-/m0/s1. The minimum absolute atomic E-state index is 0.229. The van der Waals surface area contributed by atoms with Crippen LogP contribution in [0.5, 0.6) is 0 Å². The van der Waals surface area contributed by atoms with E-state index in [-0.39, 0.29) is 12.5 Å². The highest BCUT2D eigenvalue weighted by atomic mass is 35.5. The van der Waals surface area contributed by atoms with Gasteiger partial charge in [-0.1, -0.05) is 23.7 Å². The Balaban J connectivity index is 1.99. The van der Waals surface area contributed by atoms with Crippen LogP contribution in [0.2, 0.25) is 5.02 Å². The van der Waals surface area contributed by atoms with E-state index in [1.807, 2.05) is 0 Å². The molecule has 4 nitrogen and oxygen atoms in total. The SMILES string of the molecule is O=C(Nc1ccccc1Cl)[C@@H]1COCCO1. The number of rotatable bonds is 2. The first-order valence-electron chi connectivity index (χ1n) is 5.02. The molecule has 0 aromatic heterocycles. The van der Waals surface area contributed by atoms with Gasteiger partial charge in [-0.2, -0.15) is 0 Å². The first kappa shape index (κ1) is 11.4. The van der Waals surface area contributed by atoms with E-state index >= 15 is 0 Å². The van der Waals surface area contributed by atoms with Crippen molar-refractivity contribution in [3.8, 4) is 0 Å². The zero-order valence-electron chi connectivity index (χ0n) is 8.61. The molecule has 1 saturated heterocycles. The molecule has 0 aliphatic carbocycles. The summed E-state index contributed by atoms with van der Waals surface area (Å²) in [5.41, 5.74) is 0.586.